The first-order valence-corrected chi connectivity index (χ1v) is 4.23. The topological polar surface area (TPSA) is 107 Å². The first kappa shape index (κ1) is 12.9. The van der Waals surface area contributed by atoms with Gasteiger partial charge in [0.2, 0.25) is 5.91 Å². The Morgan fingerprint density at radius 2 is 1.93 bits per heavy atom. The number of esters is 1. The third-order valence-corrected chi connectivity index (χ3v) is 1.30. The van der Waals surface area contributed by atoms with Gasteiger partial charge in [-0.2, -0.15) is 0 Å². The predicted molar refractivity (Wildman–Crippen MR) is 50.8 cm³/mol. The quantitative estimate of drug-likeness (QED) is 0.310. The van der Waals surface area contributed by atoms with Crippen molar-refractivity contribution in [3.8, 4) is 0 Å². The molecule has 0 radical (unpaired) electrons. The molecular weight excluding hydrogens is 186 g/mol. The highest BCUT2D eigenvalue weighted by molar-refractivity contribution is 5.84. The SMILES string of the molecule is CC(C)(C)OC(=O)C(CC(N)=O)NN. The number of amides is 1. The van der Waals surface area contributed by atoms with Gasteiger partial charge in [-0.3, -0.25) is 15.4 Å². The van der Waals surface area contributed by atoms with Crippen LogP contribution in [0.1, 0.15) is 27.2 Å². The van der Waals surface area contributed by atoms with Gasteiger partial charge in [-0.15, -0.1) is 0 Å². The number of nitrogens with two attached hydrogens (primary N) is 2. The van der Waals surface area contributed by atoms with Crippen LogP contribution in [0.5, 0.6) is 0 Å². The van der Waals surface area contributed by atoms with Crippen LogP contribution in [0.3, 0.4) is 0 Å². The van der Waals surface area contributed by atoms with E-state index in [1.807, 2.05) is 0 Å². The third-order valence-electron chi connectivity index (χ3n) is 1.30. The second kappa shape index (κ2) is 4.92. The van der Waals surface area contributed by atoms with Gasteiger partial charge in [-0.05, 0) is 20.8 Å². The normalized spacial score (nSPS) is 13.4. The molecule has 1 atom stereocenters. The van der Waals surface area contributed by atoms with Crippen LogP contribution in [0, 0.1) is 0 Å². The number of hydrogen-bond donors (Lipinski definition) is 3. The molecule has 0 fully saturated rings. The molecule has 1 amide bonds. The Kier molecular flexibility index (Phi) is 4.52. The minimum atomic E-state index is -0.883. The molecule has 5 N–H and O–H groups in total. The van der Waals surface area contributed by atoms with Crippen LogP contribution in [0.2, 0.25) is 0 Å². The summed E-state index contributed by atoms with van der Waals surface area (Å²) in [6.07, 6.45) is -0.175. The molecule has 0 saturated heterocycles. The van der Waals surface area contributed by atoms with Gasteiger partial charge in [0, 0.05) is 0 Å². The van der Waals surface area contributed by atoms with Crippen molar-refractivity contribution in [2.24, 2.45) is 11.6 Å². The molecule has 0 bridgehead atoms. The van der Waals surface area contributed by atoms with E-state index in [0.29, 0.717) is 0 Å². The molecular formula is C8H17N3O3. The molecule has 6 heteroatoms. The number of nitrogens with one attached hydrogen (secondary N) is 1. The average molecular weight is 203 g/mol. The molecule has 0 aliphatic heterocycles. The van der Waals surface area contributed by atoms with E-state index < -0.39 is 23.5 Å². The van der Waals surface area contributed by atoms with Gasteiger partial charge in [0.1, 0.15) is 11.6 Å². The summed E-state index contributed by atoms with van der Waals surface area (Å²) in [6.45, 7) is 5.17. The minimum Gasteiger partial charge on any atom is -0.459 e. The van der Waals surface area contributed by atoms with Gasteiger partial charge < -0.3 is 10.5 Å². The van der Waals surface area contributed by atoms with E-state index in [1.165, 1.54) is 0 Å². The fourth-order valence-electron chi connectivity index (χ4n) is 0.784. The number of hydrogen-bond acceptors (Lipinski definition) is 5. The Labute approximate surface area is 82.9 Å². The van der Waals surface area contributed by atoms with Crippen molar-refractivity contribution in [1.82, 2.24) is 5.43 Å². The van der Waals surface area contributed by atoms with Crippen molar-refractivity contribution in [3.63, 3.8) is 0 Å². The zero-order valence-electron chi connectivity index (χ0n) is 8.66. The maximum atomic E-state index is 11.4. The molecule has 82 valence electrons. The zero-order valence-corrected chi connectivity index (χ0v) is 8.66. The van der Waals surface area contributed by atoms with Gasteiger partial charge in [-0.1, -0.05) is 0 Å². The lowest BCUT2D eigenvalue weighted by Gasteiger charge is -2.22. The number of rotatable bonds is 4. The largest absolute Gasteiger partial charge is 0.459 e. The second-order valence-electron chi connectivity index (χ2n) is 3.92. The van der Waals surface area contributed by atoms with E-state index in [1.54, 1.807) is 20.8 Å². The lowest BCUT2D eigenvalue weighted by atomic mass is 10.1. The summed E-state index contributed by atoms with van der Waals surface area (Å²) in [4.78, 5) is 21.9. The number of primary amides is 1. The Bertz CT molecular complexity index is 222. The van der Waals surface area contributed by atoms with Crippen LogP contribution < -0.4 is 17.0 Å². The Balaban J connectivity index is 4.25. The summed E-state index contributed by atoms with van der Waals surface area (Å²) >= 11 is 0. The van der Waals surface area contributed by atoms with Gasteiger partial charge >= 0.3 is 5.97 Å². The molecule has 14 heavy (non-hydrogen) atoms. The van der Waals surface area contributed by atoms with Crippen molar-refractivity contribution in [3.05, 3.63) is 0 Å². The summed E-state index contributed by atoms with van der Waals surface area (Å²) in [5.74, 6) is 3.89. The third kappa shape index (κ3) is 5.50. The van der Waals surface area contributed by atoms with Crippen molar-refractivity contribution in [2.45, 2.75) is 38.8 Å². The molecule has 0 spiro atoms. The van der Waals surface area contributed by atoms with Crippen LogP contribution in [0.25, 0.3) is 0 Å². The molecule has 0 aromatic heterocycles. The maximum absolute atomic E-state index is 11.4. The average Bonchev–Trinajstić information content (AvgIpc) is 1.96. The highest BCUT2D eigenvalue weighted by atomic mass is 16.6. The zero-order chi connectivity index (χ0) is 11.4. The molecule has 0 aliphatic carbocycles. The molecule has 0 aromatic rings. The minimum absolute atomic E-state index is 0.175. The molecule has 0 aromatic carbocycles. The molecule has 0 rings (SSSR count). The number of hydrazine groups is 1. The molecule has 0 heterocycles. The van der Waals surface area contributed by atoms with Crippen LogP contribution in [0.15, 0.2) is 0 Å². The lowest BCUT2D eigenvalue weighted by molar-refractivity contribution is -0.158. The first-order chi connectivity index (χ1) is 6.26. The van der Waals surface area contributed by atoms with Crippen LogP contribution in [-0.2, 0) is 14.3 Å². The fraction of sp³-hybridized carbons (Fsp3) is 0.750. The smallest absolute Gasteiger partial charge is 0.325 e. The van der Waals surface area contributed by atoms with Crippen molar-refractivity contribution < 1.29 is 14.3 Å². The molecule has 1 unspecified atom stereocenters. The lowest BCUT2D eigenvalue weighted by Crippen LogP contribution is -2.46. The van der Waals surface area contributed by atoms with E-state index in [-0.39, 0.29) is 6.42 Å². The summed E-state index contributed by atoms with van der Waals surface area (Å²) in [6, 6.07) is -0.883. The molecule has 0 aliphatic rings. The van der Waals surface area contributed by atoms with Crippen LogP contribution in [-0.4, -0.2) is 23.5 Å². The van der Waals surface area contributed by atoms with E-state index in [4.69, 9.17) is 16.3 Å². The summed E-state index contributed by atoms with van der Waals surface area (Å²) in [5, 5.41) is 0. The van der Waals surface area contributed by atoms with E-state index in [9.17, 15) is 9.59 Å². The highest BCUT2D eigenvalue weighted by Crippen LogP contribution is 2.09. The second-order valence-corrected chi connectivity index (χ2v) is 3.92. The van der Waals surface area contributed by atoms with E-state index in [2.05, 4.69) is 5.43 Å². The number of carbonyl (C=O) groups is 2. The van der Waals surface area contributed by atoms with Gasteiger partial charge in [-0.25, -0.2) is 5.43 Å². The fourth-order valence-corrected chi connectivity index (χ4v) is 0.784. The maximum Gasteiger partial charge on any atom is 0.325 e. The van der Waals surface area contributed by atoms with Crippen LogP contribution >= 0.6 is 0 Å². The highest BCUT2D eigenvalue weighted by Gasteiger charge is 2.25. The predicted octanol–water partition coefficient (Wildman–Crippen LogP) is -0.965. The standard InChI is InChI=1S/C8H17N3O3/c1-8(2,3)14-7(13)5(11-10)4-6(9)12/h5,11H,4,10H2,1-3H3,(H2,9,12). The summed E-state index contributed by atoms with van der Waals surface area (Å²) in [5.41, 5.74) is 6.50. The van der Waals surface area contributed by atoms with Gasteiger partial charge in [0.25, 0.3) is 0 Å². The monoisotopic (exact) mass is 203 g/mol. The van der Waals surface area contributed by atoms with E-state index >= 15 is 0 Å². The van der Waals surface area contributed by atoms with E-state index in [0.717, 1.165) is 0 Å². The first-order valence-electron chi connectivity index (χ1n) is 4.23. The summed E-state index contributed by atoms with van der Waals surface area (Å²) < 4.78 is 5.00. The molecule has 6 nitrogen and oxygen atoms in total. The van der Waals surface area contributed by atoms with Crippen molar-refractivity contribution >= 4 is 11.9 Å². The molecule has 0 saturated carbocycles. The Hall–Kier alpha value is -1.14. The van der Waals surface area contributed by atoms with Crippen molar-refractivity contribution in [1.29, 1.82) is 0 Å². The van der Waals surface area contributed by atoms with Crippen molar-refractivity contribution in [2.75, 3.05) is 0 Å². The Morgan fingerprint density at radius 3 is 2.21 bits per heavy atom. The van der Waals surface area contributed by atoms with Crippen LogP contribution in [0.4, 0.5) is 0 Å². The summed E-state index contributed by atoms with van der Waals surface area (Å²) in [7, 11) is 0. The van der Waals surface area contributed by atoms with Gasteiger partial charge in [0.15, 0.2) is 0 Å². The number of carbonyl (C=O) groups excluding carboxylic acids is 2. The Morgan fingerprint density at radius 1 is 1.43 bits per heavy atom. The van der Waals surface area contributed by atoms with Gasteiger partial charge in [0.05, 0.1) is 6.42 Å². The number of ether oxygens (including phenoxy) is 1.